The molecule has 1 saturated heterocycles. The van der Waals surface area contributed by atoms with Gasteiger partial charge in [-0.05, 0) is 49.9 Å². The molecule has 0 radical (unpaired) electrons. The predicted octanol–water partition coefficient (Wildman–Crippen LogP) is 3.40. The average molecular weight is 381 g/mol. The number of piperazine rings is 1. The van der Waals surface area contributed by atoms with Gasteiger partial charge < -0.3 is 24.1 Å². The largest absolute Gasteiger partial charge is 0.488 e. The summed E-state index contributed by atoms with van der Waals surface area (Å²) >= 11 is 0. The van der Waals surface area contributed by atoms with Crippen molar-refractivity contribution >= 4 is 16.8 Å². The molecule has 2 aromatic heterocycles. The van der Waals surface area contributed by atoms with Crippen molar-refractivity contribution in [1.82, 2.24) is 9.88 Å². The number of hydrogen-bond acceptors (Lipinski definition) is 6. The number of benzene rings is 1. The Morgan fingerprint density at radius 3 is 2.57 bits per heavy atom. The minimum Gasteiger partial charge on any atom is -0.488 e. The van der Waals surface area contributed by atoms with Crippen LogP contribution in [0.5, 0.6) is 5.75 Å². The van der Waals surface area contributed by atoms with E-state index in [9.17, 15) is 0 Å². The summed E-state index contributed by atoms with van der Waals surface area (Å²) in [5.74, 6) is 1.66. The number of aliphatic hydroxyl groups excluding tert-OH is 1. The van der Waals surface area contributed by atoms with Crippen LogP contribution in [0.15, 0.2) is 47.1 Å². The first-order valence-electron chi connectivity index (χ1n) is 9.91. The molecule has 1 aliphatic rings. The molecule has 0 bridgehead atoms. The van der Waals surface area contributed by atoms with E-state index in [4.69, 9.17) is 19.2 Å². The number of nitrogens with zero attached hydrogens (tertiary/aromatic N) is 3. The van der Waals surface area contributed by atoms with Gasteiger partial charge in [0.25, 0.3) is 0 Å². The fraction of sp³-hybridized carbons (Fsp3) is 0.409. The predicted molar refractivity (Wildman–Crippen MR) is 111 cm³/mol. The third kappa shape index (κ3) is 3.84. The van der Waals surface area contributed by atoms with Crippen LogP contribution in [0, 0.1) is 0 Å². The number of likely N-dealkylation sites (N-methyl/N-ethyl adjacent to an activating group) is 1. The van der Waals surface area contributed by atoms with Crippen LogP contribution in [0.3, 0.4) is 0 Å². The van der Waals surface area contributed by atoms with E-state index in [0.717, 1.165) is 66.5 Å². The quantitative estimate of drug-likeness (QED) is 0.706. The van der Waals surface area contributed by atoms with Crippen LogP contribution in [0.25, 0.3) is 22.2 Å². The van der Waals surface area contributed by atoms with Gasteiger partial charge in [0.2, 0.25) is 0 Å². The molecule has 148 valence electrons. The lowest BCUT2D eigenvalue weighted by atomic mass is 10.1. The van der Waals surface area contributed by atoms with Gasteiger partial charge in [0.05, 0.1) is 18.6 Å². The van der Waals surface area contributed by atoms with Crippen molar-refractivity contribution in [2.45, 2.75) is 20.0 Å². The van der Waals surface area contributed by atoms with E-state index in [1.807, 2.05) is 37.3 Å². The second kappa shape index (κ2) is 8.20. The number of furan rings is 1. The van der Waals surface area contributed by atoms with Gasteiger partial charge >= 0.3 is 0 Å². The molecule has 3 aromatic rings. The molecule has 1 aliphatic heterocycles. The van der Waals surface area contributed by atoms with E-state index in [-0.39, 0.29) is 12.7 Å². The summed E-state index contributed by atoms with van der Waals surface area (Å²) in [6.45, 7) is 9.11. The van der Waals surface area contributed by atoms with Crippen LogP contribution in [0.2, 0.25) is 0 Å². The molecule has 1 fully saturated rings. The summed E-state index contributed by atoms with van der Waals surface area (Å²) in [5.41, 5.74) is 2.80. The Labute approximate surface area is 165 Å². The summed E-state index contributed by atoms with van der Waals surface area (Å²) in [4.78, 5) is 9.73. The summed E-state index contributed by atoms with van der Waals surface area (Å²) in [6.07, 6.45) is 1.51. The highest BCUT2D eigenvalue weighted by Gasteiger charge is 2.21. The molecule has 1 aromatic carbocycles. The molecule has 1 atom stereocenters. The number of anilines is 1. The lowest BCUT2D eigenvalue weighted by molar-refractivity contribution is 0.130. The van der Waals surface area contributed by atoms with Crippen molar-refractivity contribution < 1.29 is 14.3 Å². The first-order chi connectivity index (χ1) is 13.7. The molecule has 0 spiro atoms. The SMILES string of the molecule is CCN1CCN(c2nc(-c3ccc(O[C@@H](C)CO)cc3)cc3ccoc23)CC1. The number of fused-ring (bicyclic) bond motifs is 1. The number of ether oxygens (including phenoxy) is 1. The van der Waals surface area contributed by atoms with Crippen molar-refractivity contribution in [3.8, 4) is 17.0 Å². The molecule has 28 heavy (non-hydrogen) atoms. The number of hydrogen-bond donors (Lipinski definition) is 1. The Bertz CT molecular complexity index is 914. The number of aliphatic hydroxyl groups is 1. The van der Waals surface area contributed by atoms with Crippen molar-refractivity contribution in [2.24, 2.45) is 0 Å². The van der Waals surface area contributed by atoms with Gasteiger partial charge in [-0.1, -0.05) is 6.92 Å². The lowest BCUT2D eigenvalue weighted by Crippen LogP contribution is -2.46. The van der Waals surface area contributed by atoms with Crippen LogP contribution in [-0.4, -0.2) is 60.4 Å². The molecule has 0 saturated carbocycles. The van der Waals surface area contributed by atoms with E-state index < -0.39 is 0 Å². The van der Waals surface area contributed by atoms with Gasteiger partial charge in [-0.3, -0.25) is 0 Å². The fourth-order valence-electron chi connectivity index (χ4n) is 3.57. The molecule has 3 heterocycles. The molecular formula is C22H27N3O3. The van der Waals surface area contributed by atoms with Crippen LogP contribution in [0.4, 0.5) is 5.82 Å². The Hall–Kier alpha value is -2.57. The van der Waals surface area contributed by atoms with E-state index in [0.29, 0.717) is 0 Å². The average Bonchev–Trinajstić information content (AvgIpc) is 3.22. The van der Waals surface area contributed by atoms with Crippen molar-refractivity contribution in [2.75, 3.05) is 44.2 Å². The lowest BCUT2D eigenvalue weighted by Gasteiger charge is -2.34. The Balaban J connectivity index is 1.63. The number of rotatable bonds is 6. The first-order valence-corrected chi connectivity index (χ1v) is 9.91. The topological polar surface area (TPSA) is 62.0 Å². The first kappa shape index (κ1) is 18.8. The zero-order valence-corrected chi connectivity index (χ0v) is 16.5. The summed E-state index contributed by atoms with van der Waals surface area (Å²) < 4.78 is 11.4. The van der Waals surface area contributed by atoms with Crippen molar-refractivity contribution in [3.63, 3.8) is 0 Å². The van der Waals surface area contributed by atoms with Crippen LogP contribution < -0.4 is 9.64 Å². The molecule has 6 nitrogen and oxygen atoms in total. The Morgan fingerprint density at radius 1 is 1.14 bits per heavy atom. The summed E-state index contributed by atoms with van der Waals surface area (Å²) in [6, 6.07) is 11.9. The monoisotopic (exact) mass is 381 g/mol. The smallest absolute Gasteiger partial charge is 0.176 e. The van der Waals surface area contributed by atoms with Crippen molar-refractivity contribution in [1.29, 1.82) is 0 Å². The molecule has 0 unspecified atom stereocenters. The maximum absolute atomic E-state index is 9.14. The van der Waals surface area contributed by atoms with Gasteiger partial charge in [0.15, 0.2) is 11.4 Å². The Morgan fingerprint density at radius 2 is 1.89 bits per heavy atom. The highest BCUT2D eigenvalue weighted by Crippen LogP contribution is 2.32. The maximum Gasteiger partial charge on any atom is 0.176 e. The van der Waals surface area contributed by atoms with Gasteiger partial charge in [-0.25, -0.2) is 4.98 Å². The third-order valence-corrected chi connectivity index (χ3v) is 5.28. The third-order valence-electron chi connectivity index (χ3n) is 5.28. The van der Waals surface area contributed by atoms with E-state index in [2.05, 4.69) is 22.8 Å². The van der Waals surface area contributed by atoms with E-state index >= 15 is 0 Å². The van der Waals surface area contributed by atoms with Crippen LogP contribution in [0.1, 0.15) is 13.8 Å². The van der Waals surface area contributed by atoms with Gasteiger partial charge in [-0.2, -0.15) is 0 Å². The zero-order valence-electron chi connectivity index (χ0n) is 16.5. The fourth-order valence-corrected chi connectivity index (χ4v) is 3.57. The molecule has 0 aliphatic carbocycles. The second-order valence-corrected chi connectivity index (χ2v) is 7.23. The second-order valence-electron chi connectivity index (χ2n) is 7.23. The Kier molecular flexibility index (Phi) is 5.50. The molecule has 0 amide bonds. The van der Waals surface area contributed by atoms with Gasteiger partial charge in [-0.15, -0.1) is 0 Å². The van der Waals surface area contributed by atoms with Gasteiger partial charge in [0, 0.05) is 37.1 Å². The van der Waals surface area contributed by atoms with Crippen LogP contribution >= 0.6 is 0 Å². The standard InChI is InChI=1S/C22H27N3O3/c1-3-24-9-11-25(12-10-24)22-21-18(8-13-27-21)14-20(23-22)17-4-6-19(7-5-17)28-16(2)15-26/h4-8,13-14,16,26H,3,9-12,15H2,1-2H3/t16-/m0/s1. The van der Waals surface area contributed by atoms with Crippen LogP contribution in [-0.2, 0) is 0 Å². The number of pyridine rings is 1. The van der Waals surface area contributed by atoms with Gasteiger partial charge in [0.1, 0.15) is 11.9 Å². The number of aromatic nitrogens is 1. The molecular weight excluding hydrogens is 354 g/mol. The minimum atomic E-state index is -0.223. The molecule has 1 N–H and O–H groups in total. The highest BCUT2D eigenvalue weighted by molar-refractivity contribution is 5.90. The summed E-state index contributed by atoms with van der Waals surface area (Å²) in [7, 11) is 0. The van der Waals surface area contributed by atoms with E-state index in [1.165, 1.54) is 0 Å². The molecule has 6 heteroatoms. The van der Waals surface area contributed by atoms with Crippen molar-refractivity contribution in [3.05, 3.63) is 42.7 Å². The zero-order chi connectivity index (χ0) is 19.5. The summed E-state index contributed by atoms with van der Waals surface area (Å²) in [5, 5.41) is 10.2. The maximum atomic E-state index is 9.14. The minimum absolute atomic E-state index is 0.00484. The van der Waals surface area contributed by atoms with E-state index in [1.54, 1.807) is 6.26 Å². The normalized spacial score (nSPS) is 16.5. The molecule has 4 rings (SSSR count). The highest BCUT2D eigenvalue weighted by atomic mass is 16.5.